The van der Waals surface area contributed by atoms with Crippen molar-refractivity contribution in [2.45, 2.75) is 6.42 Å². The average Bonchev–Trinajstić information content (AvgIpc) is 3.23. The quantitative estimate of drug-likeness (QED) is 0.0417. The summed E-state index contributed by atoms with van der Waals surface area (Å²) < 4.78 is 141. The maximum absolute atomic E-state index is 11.8. The van der Waals surface area contributed by atoms with E-state index in [1.807, 2.05) is 48.5 Å². The number of phosphoric acid groups is 5. The first-order chi connectivity index (χ1) is 25.9. The second-order valence-corrected chi connectivity index (χ2v) is 19.7. The van der Waals surface area contributed by atoms with Crippen molar-refractivity contribution >= 4 is 68.2 Å². The molecule has 3 rings (SSSR count). The normalized spacial score (nSPS) is 12.6. The number of para-hydroxylation sites is 1. The van der Waals surface area contributed by atoms with E-state index in [4.69, 9.17) is 13.2 Å². The lowest BCUT2D eigenvalue weighted by Crippen LogP contribution is -2.02. The number of fused-ring (bicyclic) bond motifs is 3. The van der Waals surface area contributed by atoms with Gasteiger partial charge in [-0.3, -0.25) is 67.9 Å². The van der Waals surface area contributed by atoms with Gasteiger partial charge in [0.2, 0.25) is 5.12 Å². The van der Waals surface area contributed by atoms with Crippen molar-refractivity contribution in [1.29, 1.82) is 0 Å². The van der Waals surface area contributed by atoms with Gasteiger partial charge in [-0.05, 0) is 29.2 Å². The van der Waals surface area contributed by atoms with Crippen molar-refractivity contribution in [3.05, 3.63) is 48.5 Å². The van der Waals surface area contributed by atoms with Crippen LogP contribution in [0.1, 0.15) is 6.42 Å². The van der Waals surface area contributed by atoms with Crippen LogP contribution in [0.25, 0.3) is 21.5 Å². The maximum atomic E-state index is 11.8. The third-order valence-electron chi connectivity index (χ3n) is 6.13. The molecule has 28 heteroatoms. The van der Waals surface area contributed by atoms with Gasteiger partial charge in [0.1, 0.15) is 0 Å². The Labute approximate surface area is 320 Å². The fraction of sp³-hybridized carbons (Fsp3) is 0.556. The van der Waals surface area contributed by atoms with Gasteiger partial charge in [0.05, 0.1) is 13.2 Å². The number of hydrogen-bond donors (Lipinski definition) is 0. The van der Waals surface area contributed by atoms with Gasteiger partial charge in [-0.15, -0.1) is 0 Å². The molecule has 1 aromatic heterocycles. The van der Waals surface area contributed by atoms with Gasteiger partial charge in [-0.25, -0.2) is 27.0 Å². The summed E-state index contributed by atoms with van der Waals surface area (Å²) in [4.78, 5) is 0. The predicted octanol–water partition coefficient (Wildman–Crippen LogP) is 9.35. The van der Waals surface area contributed by atoms with Crippen LogP contribution in [0.5, 0.6) is 0 Å². The molecule has 1 unspecified atom stereocenters. The van der Waals surface area contributed by atoms with Crippen molar-refractivity contribution in [2.24, 2.45) is 0 Å². The highest BCUT2D eigenvalue weighted by Crippen LogP contribution is 2.52. The maximum Gasteiger partial charge on any atom is 0.597 e. The molecule has 0 bridgehead atoms. The lowest BCUT2D eigenvalue weighted by Gasteiger charge is -2.16. The van der Waals surface area contributed by atoms with E-state index in [0.29, 0.717) is 12.0 Å². The summed E-state index contributed by atoms with van der Waals surface area (Å²) >= 11 is 0. The van der Waals surface area contributed by atoms with Crippen LogP contribution in [0.4, 0.5) is 0 Å². The average molecular weight is 912 g/mol. The summed E-state index contributed by atoms with van der Waals surface area (Å²) in [7, 11) is -5.96. The first kappa shape index (κ1) is 53.9. The van der Waals surface area contributed by atoms with Crippen LogP contribution < -0.4 is 0 Å². The van der Waals surface area contributed by atoms with Gasteiger partial charge in [0, 0.05) is 89.0 Å². The largest absolute Gasteiger partial charge is 0.597 e. The Morgan fingerprint density at radius 3 is 1.15 bits per heavy atom. The minimum Gasteiger partial charge on any atom is -0.290 e. The van der Waals surface area contributed by atoms with Gasteiger partial charge in [-0.2, -0.15) is 0 Å². The van der Waals surface area contributed by atoms with Crippen molar-refractivity contribution < 1.29 is 99.4 Å². The summed E-state index contributed by atoms with van der Waals surface area (Å²) in [6, 6.07) is 15.3. The molecule has 0 aliphatic carbocycles. The number of benzene rings is 2. The third kappa shape index (κ3) is 19.5. The second-order valence-electron chi connectivity index (χ2n) is 9.00. The van der Waals surface area contributed by atoms with Crippen LogP contribution in [0.3, 0.4) is 0 Å². The van der Waals surface area contributed by atoms with Crippen molar-refractivity contribution in [1.82, 2.24) is 0 Å². The molecule has 0 fully saturated rings. The minimum atomic E-state index is -3.65. The molecular formula is C27H49O22P6+. The molecule has 0 saturated heterocycles. The summed E-state index contributed by atoms with van der Waals surface area (Å²) in [5.74, 6) is 0. The van der Waals surface area contributed by atoms with E-state index < -0.39 is 53.6 Å². The van der Waals surface area contributed by atoms with Crippen LogP contribution in [0.15, 0.2) is 52.7 Å². The minimum absolute atomic E-state index is 0.0619. The van der Waals surface area contributed by atoms with Crippen LogP contribution in [-0.4, -0.2) is 98.2 Å². The Bertz CT molecular complexity index is 1730. The summed E-state index contributed by atoms with van der Waals surface area (Å²) in [5.41, 5.74) is 0.706. The standard InChI is InChI=1S/C12H8O2P.C7H18O8P2.C5H14O8P2.C3H9O4P/c13-15-12-8-4-2-6-10(12)9-5-1-3-7-11(9)14-15;1-10-16(8,11-2)14-6-5-7-15-17(9,12-3)13-4;1-8-14(6,9-2)12-5-13-15(7,10-3)11-4;1-5-8(4,6-2)7-3/h1-8H;5-7H2,1-4H3;5H2,1-4H3;1-3H3/q+1;;;. The Kier molecular flexibility index (Phi) is 27.0. The van der Waals surface area contributed by atoms with Crippen LogP contribution in [0, 0.1) is 0 Å². The summed E-state index contributed by atoms with van der Waals surface area (Å²) in [5, 5.41) is 2.81. The van der Waals surface area contributed by atoms with E-state index in [1.165, 1.54) is 49.8 Å². The fourth-order valence-corrected chi connectivity index (χ4v) is 7.35. The van der Waals surface area contributed by atoms with Gasteiger partial charge in [-0.1, -0.05) is 30.3 Å². The van der Waals surface area contributed by atoms with Gasteiger partial charge >= 0.3 is 46.8 Å². The second kappa shape index (κ2) is 27.6. The highest BCUT2D eigenvalue weighted by Gasteiger charge is 2.28. The zero-order valence-corrected chi connectivity index (χ0v) is 37.5. The van der Waals surface area contributed by atoms with E-state index >= 15 is 0 Å². The van der Waals surface area contributed by atoms with E-state index in [0.717, 1.165) is 44.3 Å². The summed E-state index contributed by atoms with van der Waals surface area (Å²) in [6.45, 7) is -0.489. The molecule has 0 aliphatic rings. The molecule has 0 aliphatic heterocycles. The molecule has 0 saturated carbocycles. The Morgan fingerprint density at radius 1 is 0.455 bits per heavy atom. The lowest BCUT2D eigenvalue weighted by atomic mass is 10.1. The Morgan fingerprint density at radius 2 is 0.782 bits per heavy atom. The predicted molar refractivity (Wildman–Crippen MR) is 200 cm³/mol. The fourth-order valence-electron chi connectivity index (χ4n) is 3.28. The zero-order valence-electron chi connectivity index (χ0n) is 32.1. The molecule has 0 spiro atoms. The molecule has 2 aromatic carbocycles. The van der Waals surface area contributed by atoms with E-state index in [2.05, 4.69) is 58.8 Å². The van der Waals surface area contributed by atoms with Crippen molar-refractivity contribution in [3.63, 3.8) is 0 Å². The van der Waals surface area contributed by atoms with Crippen molar-refractivity contribution in [3.8, 4) is 0 Å². The molecule has 55 heavy (non-hydrogen) atoms. The Balaban J connectivity index is 0.000000726. The third-order valence-corrected chi connectivity index (χ3v) is 14.0. The first-order valence-electron chi connectivity index (χ1n) is 15.0. The zero-order chi connectivity index (χ0) is 42.2. The van der Waals surface area contributed by atoms with Crippen LogP contribution in [-0.2, 0) is 95.2 Å². The monoisotopic (exact) mass is 911 g/mol. The highest BCUT2D eigenvalue weighted by molar-refractivity contribution is 7.49. The molecule has 3 aromatic rings. The van der Waals surface area contributed by atoms with E-state index in [1.54, 1.807) is 0 Å². The molecule has 0 radical (unpaired) electrons. The van der Waals surface area contributed by atoms with Gasteiger partial charge in [0.15, 0.2) is 12.4 Å². The number of hydrogen-bond acceptors (Lipinski definition) is 22. The topological polar surface area (TPSA) is 254 Å². The Hall–Kier alpha value is -1.11. The van der Waals surface area contributed by atoms with Gasteiger partial charge in [0.25, 0.3) is 0 Å². The van der Waals surface area contributed by atoms with Gasteiger partial charge < -0.3 is 0 Å². The van der Waals surface area contributed by atoms with E-state index in [9.17, 15) is 27.4 Å². The molecule has 0 N–H and O–H groups in total. The smallest absolute Gasteiger partial charge is 0.290 e. The van der Waals surface area contributed by atoms with E-state index in [-0.39, 0.29) is 13.2 Å². The SMILES string of the molecule is COP(=O)(OC)OC.COP(=O)(OC)OCCCOP(=O)(OC)OC.COP(=O)(OC)OCOP(=O)(OC)OC.O=[p+]1oc2ccccc2c2ccccc21. The van der Waals surface area contributed by atoms with Crippen molar-refractivity contribution in [2.75, 3.05) is 98.2 Å². The van der Waals surface area contributed by atoms with Crippen LogP contribution in [0.2, 0.25) is 0 Å². The molecular weight excluding hydrogens is 862 g/mol. The molecule has 1 atom stereocenters. The highest BCUT2D eigenvalue weighted by atomic mass is 31.2. The molecule has 318 valence electrons. The number of phosphoric ester groups is 5. The molecule has 1 heterocycles. The first-order valence-corrected chi connectivity index (χ1v) is 23.5. The number of rotatable bonds is 21. The molecule has 0 amide bonds. The van der Waals surface area contributed by atoms with Crippen LogP contribution >= 0.6 is 46.8 Å². The molecule has 22 nitrogen and oxygen atoms in total. The lowest BCUT2D eigenvalue weighted by molar-refractivity contribution is 0.0372. The summed E-state index contributed by atoms with van der Waals surface area (Å²) in [6.07, 6.45) is 0.327.